The van der Waals surface area contributed by atoms with E-state index in [-0.39, 0.29) is 12.7 Å². The summed E-state index contributed by atoms with van der Waals surface area (Å²) in [6, 6.07) is 5.20. The Bertz CT molecular complexity index is 612. The van der Waals surface area contributed by atoms with Crippen molar-refractivity contribution in [2.24, 2.45) is 0 Å². The summed E-state index contributed by atoms with van der Waals surface area (Å²) in [5.41, 5.74) is 0.952. The van der Waals surface area contributed by atoms with Crippen molar-refractivity contribution in [1.29, 1.82) is 0 Å². The van der Waals surface area contributed by atoms with Crippen LogP contribution in [0.3, 0.4) is 0 Å². The van der Waals surface area contributed by atoms with Crippen LogP contribution in [0.4, 0.5) is 0 Å². The van der Waals surface area contributed by atoms with Crippen LogP contribution in [0.5, 0.6) is 11.5 Å². The second-order valence-electron chi connectivity index (χ2n) is 4.46. The Labute approximate surface area is 115 Å². The van der Waals surface area contributed by atoms with Crippen molar-refractivity contribution in [2.45, 2.75) is 19.5 Å². The molecule has 0 saturated carbocycles. The number of carbonyl (C=O) groups is 1. The number of nitrogens with zero attached hydrogens (tertiary/aromatic N) is 3. The molecule has 1 aliphatic rings. The first-order valence-corrected chi connectivity index (χ1v) is 6.24. The number of amides is 1. The highest BCUT2D eigenvalue weighted by atomic mass is 16.7. The minimum atomic E-state index is -0.397. The van der Waals surface area contributed by atoms with Crippen LogP contribution in [0.1, 0.15) is 18.5 Å². The fourth-order valence-corrected chi connectivity index (χ4v) is 1.93. The van der Waals surface area contributed by atoms with Gasteiger partial charge in [0.2, 0.25) is 12.7 Å². The highest BCUT2D eigenvalue weighted by molar-refractivity contribution is 5.79. The maximum Gasteiger partial charge on any atom is 0.244 e. The predicted octanol–water partition coefficient (Wildman–Crippen LogP) is 0.884. The lowest BCUT2D eigenvalue weighted by molar-refractivity contribution is -0.124. The van der Waals surface area contributed by atoms with Crippen LogP contribution in [-0.4, -0.2) is 27.5 Å². The SMILES string of the molecule is CC(C(=O)NCc1ccc2c(c1)OCO2)n1cncn1. The third-order valence-electron chi connectivity index (χ3n) is 3.12. The Balaban J connectivity index is 1.60. The van der Waals surface area contributed by atoms with Gasteiger partial charge in [0.25, 0.3) is 0 Å². The molecular formula is C13H14N4O3. The first kappa shape index (κ1) is 12.5. The normalized spacial score (nSPS) is 14.1. The topological polar surface area (TPSA) is 78.3 Å². The number of hydrogen-bond acceptors (Lipinski definition) is 5. The van der Waals surface area contributed by atoms with Gasteiger partial charge in [-0.1, -0.05) is 6.07 Å². The molecule has 0 saturated heterocycles. The molecule has 0 bridgehead atoms. The Morgan fingerprint density at radius 1 is 1.45 bits per heavy atom. The second kappa shape index (κ2) is 5.20. The molecule has 0 aliphatic carbocycles. The van der Waals surface area contributed by atoms with E-state index in [9.17, 15) is 4.79 Å². The quantitative estimate of drug-likeness (QED) is 0.895. The summed E-state index contributed by atoms with van der Waals surface area (Å²) in [7, 11) is 0. The number of nitrogens with one attached hydrogen (secondary N) is 1. The number of hydrogen-bond donors (Lipinski definition) is 1. The van der Waals surface area contributed by atoms with Crippen molar-refractivity contribution in [3.63, 3.8) is 0 Å². The lowest BCUT2D eigenvalue weighted by Gasteiger charge is -2.12. The number of aromatic nitrogens is 3. The van der Waals surface area contributed by atoms with E-state index < -0.39 is 6.04 Å². The molecule has 0 spiro atoms. The molecule has 1 aliphatic heterocycles. The molecular weight excluding hydrogens is 260 g/mol. The first-order valence-electron chi connectivity index (χ1n) is 6.24. The molecule has 0 radical (unpaired) electrons. The Morgan fingerprint density at radius 2 is 2.30 bits per heavy atom. The van der Waals surface area contributed by atoms with E-state index in [1.807, 2.05) is 18.2 Å². The molecule has 0 fully saturated rings. The van der Waals surface area contributed by atoms with Gasteiger partial charge in [-0.05, 0) is 24.6 Å². The summed E-state index contributed by atoms with van der Waals surface area (Å²) in [6.07, 6.45) is 2.92. The standard InChI is InChI=1S/C13H14N4O3/c1-9(17-7-14-6-16-17)13(18)15-5-10-2-3-11-12(4-10)20-8-19-11/h2-4,6-7,9H,5,8H2,1H3,(H,15,18). The van der Waals surface area contributed by atoms with Gasteiger partial charge >= 0.3 is 0 Å². The van der Waals surface area contributed by atoms with Crippen LogP contribution >= 0.6 is 0 Å². The maximum absolute atomic E-state index is 12.0. The van der Waals surface area contributed by atoms with E-state index in [1.54, 1.807) is 6.92 Å². The van der Waals surface area contributed by atoms with Gasteiger partial charge in [-0.2, -0.15) is 5.10 Å². The monoisotopic (exact) mass is 274 g/mol. The van der Waals surface area contributed by atoms with E-state index in [1.165, 1.54) is 17.3 Å². The van der Waals surface area contributed by atoms with Gasteiger partial charge in [-0.25, -0.2) is 9.67 Å². The fraction of sp³-hybridized carbons (Fsp3) is 0.308. The molecule has 1 amide bonds. The Morgan fingerprint density at radius 3 is 3.10 bits per heavy atom. The summed E-state index contributed by atoms with van der Waals surface area (Å²) in [5, 5.41) is 6.80. The van der Waals surface area contributed by atoms with Gasteiger partial charge in [0.15, 0.2) is 11.5 Å². The minimum Gasteiger partial charge on any atom is -0.454 e. The van der Waals surface area contributed by atoms with Gasteiger partial charge in [-0.3, -0.25) is 4.79 Å². The highest BCUT2D eigenvalue weighted by Gasteiger charge is 2.16. The number of carbonyl (C=O) groups excluding carboxylic acids is 1. The molecule has 3 rings (SSSR count). The van der Waals surface area contributed by atoms with E-state index >= 15 is 0 Å². The predicted molar refractivity (Wildman–Crippen MR) is 69.1 cm³/mol. The van der Waals surface area contributed by atoms with Crippen LogP contribution in [0.15, 0.2) is 30.9 Å². The van der Waals surface area contributed by atoms with E-state index in [0.717, 1.165) is 11.3 Å². The molecule has 7 heteroatoms. The van der Waals surface area contributed by atoms with Crippen LogP contribution in [0.25, 0.3) is 0 Å². The lowest BCUT2D eigenvalue weighted by atomic mass is 10.2. The minimum absolute atomic E-state index is 0.117. The number of rotatable bonds is 4. The molecule has 1 atom stereocenters. The summed E-state index contributed by atoms with van der Waals surface area (Å²) >= 11 is 0. The number of ether oxygens (including phenoxy) is 2. The van der Waals surface area contributed by atoms with Crippen molar-refractivity contribution < 1.29 is 14.3 Å². The molecule has 1 unspecified atom stereocenters. The molecule has 1 aromatic heterocycles. The van der Waals surface area contributed by atoms with E-state index in [0.29, 0.717) is 12.3 Å². The lowest BCUT2D eigenvalue weighted by Crippen LogP contribution is -2.30. The molecule has 7 nitrogen and oxygen atoms in total. The van der Waals surface area contributed by atoms with E-state index in [2.05, 4.69) is 15.4 Å². The fourth-order valence-electron chi connectivity index (χ4n) is 1.93. The van der Waals surface area contributed by atoms with Gasteiger partial charge in [0, 0.05) is 6.54 Å². The van der Waals surface area contributed by atoms with Gasteiger partial charge in [0.1, 0.15) is 18.7 Å². The Hall–Kier alpha value is -2.57. The van der Waals surface area contributed by atoms with Gasteiger partial charge in [0.05, 0.1) is 0 Å². The maximum atomic E-state index is 12.0. The summed E-state index contributed by atoms with van der Waals surface area (Å²) < 4.78 is 12.0. The smallest absolute Gasteiger partial charge is 0.244 e. The molecule has 2 heterocycles. The molecule has 104 valence electrons. The zero-order valence-corrected chi connectivity index (χ0v) is 10.9. The zero-order chi connectivity index (χ0) is 13.9. The van der Waals surface area contributed by atoms with Crippen molar-refractivity contribution in [2.75, 3.05) is 6.79 Å². The Kier molecular flexibility index (Phi) is 3.24. The molecule has 1 aromatic carbocycles. The summed E-state index contributed by atoms with van der Waals surface area (Å²) in [4.78, 5) is 15.8. The van der Waals surface area contributed by atoms with Crippen LogP contribution in [0, 0.1) is 0 Å². The molecule has 2 aromatic rings. The summed E-state index contributed by atoms with van der Waals surface area (Å²) in [6.45, 7) is 2.44. The third kappa shape index (κ3) is 2.42. The third-order valence-corrected chi connectivity index (χ3v) is 3.12. The first-order chi connectivity index (χ1) is 9.74. The van der Waals surface area contributed by atoms with Crippen molar-refractivity contribution in [3.05, 3.63) is 36.4 Å². The van der Waals surface area contributed by atoms with Crippen molar-refractivity contribution >= 4 is 5.91 Å². The average Bonchev–Trinajstić information content (AvgIpc) is 3.13. The van der Waals surface area contributed by atoms with Gasteiger partial charge in [-0.15, -0.1) is 0 Å². The van der Waals surface area contributed by atoms with Crippen molar-refractivity contribution in [1.82, 2.24) is 20.1 Å². The number of benzene rings is 1. The molecule has 1 N–H and O–H groups in total. The summed E-state index contributed by atoms with van der Waals surface area (Å²) in [5.74, 6) is 1.32. The number of fused-ring (bicyclic) bond motifs is 1. The average molecular weight is 274 g/mol. The zero-order valence-electron chi connectivity index (χ0n) is 10.9. The second-order valence-corrected chi connectivity index (χ2v) is 4.46. The van der Waals surface area contributed by atoms with Crippen LogP contribution in [0.2, 0.25) is 0 Å². The van der Waals surface area contributed by atoms with Gasteiger partial charge < -0.3 is 14.8 Å². The molecule has 20 heavy (non-hydrogen) atoms. The van der Waals surface area contributed by atoms with Crippen LogP contribution < -0.4 is 14.8 Å². The van der Waals surface area contributed by atoms with Crippen molar-refractivity contribution in [3.8, 4) is 11.5 Å². The van der Waals surface area contributed by atoms with E-state index in [4.69, 9.17) is 9.47 Å². The largest absolute Gasteiger partial charge is 0.454 e. The highest BCUT2D eigenvalue weighted by Crippen LogP contribution is 2.32. The van der Waals surface area contributed by atoms with Crippen LogP contribution in [-0.2, 0) is 11.3 Å².